The van der Waals surface area contributed by atoms with Crippen molar-refractivity contribution < 1.29 is 19.1 Å². The Bertz CT molecular complexity index is 483. The lowest BCUT2D eigenvalue weighted by Gasteiger charge is -2.25. The molecule has 0 aliphatic rings. The van der Waals surface area contributed by atoms with E-state index in [1.54, 1.807) is 20.9 Å². The number of carboxylic acids is 1. The van der Waals surface area contributed by atoms with Gasteiger partial charge >= 0.3 is 5.97 Å². The molecule has 2 N–H and O–H groups in total. The van der Waals surface area contributed by atoms with Gasteiger partial charge in [-0.15, -0.1) is 0 Å². The number of carbonyl (C=O) groups excluding carboxylic acids is 1. The van der Waals surface area contributed by atoms with E-state index in [0.29, 0.717) is 18.7 Å². The van der Waals surface area contributed by atoms with Gasteiger partial charge in [-0.05, 0) is 32.4 Å². The number of nitrogens with zero attached hydrogens (tertiary/aromatic N) is 1. The smallest absolute Gasteiger partial charge is 0.323 e. The van der Waals surface area contributed by atoms with Gasteiger partial charge < -0.3 is 14.4 Å². The second kappa shape index (κ2) is 6.56. The Morgan fingerprint density at radius 3 is 2.55 bits per heavy atom. The zero-order valence-corrected chi connectivity index (χ0v) is 12.4. The second-order valence-corrected chi connectivity index (χ2v) is 5.11. The Balaban J connectivity index is 2.52. The van der Waals surface area contributed by atoms with Crippen LogP contribution in [-0.4, -0.2) is 41.0 Å². The summed E-state index contributed by atoms with van der Waals surface area (Å²) in [5, 5.41) is 11.9. The number of aryl methyl sites for hydroxylation is 1. The highest BCUT2D eigenvalue weighted by Gasteiger charge is 2.31. The molecule has 6 heteroatoms. The third kappa shape index (κ3) is 4.09. The van der Waals surface area contributed by atoms with Crippen molar-refractivity contribution in [1.82, 2.24) is 10.2 Å². The van der Waals surface area contributed by atoms with E-state index < -0.39 is 11.5 Å². The molecule has 1 aromatic rings. The van der Waals surface area contributed by atoms with Gasteiger partial charge in [0.05, 0.1) is 13.1 Å². The van der Waals surface area contributed by atoms with Gasteiger partial charge in [0.2, 0.25) is 5.91 Å². The van der Waals surface area contributed by atoms with Crippen LogP contribution in [-0.2, 0) is 16.1 Å². The van der Waals surface area contributed by atoms with Crippen molar-refractivity contribution in [3.8, 4) is 0 Å². The van der Waals surface area contributed by atoms with Gasteiger partial charge in [-0.25, -0.2) is 0 Å². The largest absolute Gasteiger partial charge is 0.480 e. The SMILES string of the molecule is CCC(C)(NCC(=O)N(C)Cc1ccc(C)o1)C(=O)O. The molecule has 1 atom stereocenters. The third-order valence-corrected chi connectivity index (χ3v) is 3.42. The van der Waals surface area contributed by atoms with Crippen molar-refractivity contribution in [1.29, 1.82) is 0 Å². The van der Waals surface area contributed by atoms with E-state index in [2.05, 4.69) is 5.32 Å². The van der Waals surface area contributed by atoms with E-state index in [1.165, 1.54) is 4.90 Å². The summed E-state index contributed by atoms with van der Waals surface area (Å²) in [5.74, 6) is 0.357. The molecule has 6 nitrogen and oxygen atoms in total. The van der Waals surface area contributed by atoms with Crippen LogP contribution in [0.1, 0.15) is 31.8 Å². The molecule has 1 unspecified atom stereocenters. The van der Waals surface area contributed by atoms with Gasteiger partial charge in [0.15, 0.2) is 0 Å². The first-order valence-electron chi connectivity index (χ1n) is 6.56. The number of likely N-dealkylation sites (N-methyl/N-ethyl adjacent to an activating group) is 1. The number of hydrogen-bond acceptors (Lipinski definition) is 4. The highest BCUT2D eigenvalue weighted by Crippen LogP contribution is 2.10. The van der Waals surface area contributed by atoms with E-state index >= 15 is 0 Å². The highest BCUT2D eigenvalue weighted by atomic mass is 16.4. The lowest BCUT2D eigenvalue weighted by atomic mass is 9.99. The fourth-order valence-corrected chi connectivity index (χ4v) is 1.65. The number of carboxylic acid groups (broad SMARTS) is 1. The number of aliphatic carboxylic acids is 1. The van der Waals surface area contributed by atoms with E-state index in [1.807, 2.05) is 19.1 Å². The van der Waals surface area contributed by atoms with Crippen LogP contribution in [0.25, 0.3) is 0 Å². The van der Waals surface area contributed by atoms with E-state index in [4.69, 9.17) is 9.52 Å². The Hall–Kier alpha value is -1.82. The molecule has 1 aromatic heterocycles. The lowest BCUT2D eigenvalue weighted by Crippen LogP contribution is -2.52. The van der Waals surface area contributed by atoms with Crippen molar-refractivity contribution in [3.63, 3.8) is 0 Å². The molecule has 0 aliphatic heterocycles. The predicted molar refractivity (Wildman–Crippen MR) is 74.3 cm³/mol. The first-order valence-corrected chi connectivity index (χ1v) is 6.56. The van der Waals surface area contributed by atoms with Gasteiger partial charge in [0.25, 0.3) is 0 Å². The van der Waals surface area contributed by atoms with Crippen LogP contribution >= 0.6 is 0 Å². The minimum atomic E-state index is -1.09. The predicted octanol–water partition coefficient (Wildman–Crippen LogP) is 1.39. The Labute approximate surface area is 118 Å². The highest BCUT2D eigenvalue weighted by molar-refractivity contribution is 5.81. The average molecular weight is 282 g/mol. The number of amides is 1. The van der Waals surface area contributed by atoms with E-state index in [-0.39, 0.29) is 12.5 Å². The van der Waals surface area contributed by atoms with Crippen molar-refractivity contribution in [2.45, 2.75) is 39.3 Å². The standard InChI is InChI=1S/C14H22N2O4/c1-5-14(3,13(18)19)15-8-12(17)16(4)9-11-7-6-10(2)20-11/h6-7,15H,5,8-9H2,1-4H3,(H,18,19). The second-order valence-electron chi connectivity index (χ2n) is 5.11. The zero-order chi connectivity index (χ0) is 15.3. The molecule has 0 bridgehead atoms. The molecule has 0 aromatic carbocycles. The Kier molecular flexibility index (Phi) is 5.33. The Morgan fingerprint density at radius 2 is 2.10 bits per heavy atom. The molecule has 0 saturated carbocycles. The first-order chi connectivity index (χ1) is 9.28. The molecular weight excluding hydrogens is 260 g/mol. The third-order valence-electron chi connectivity index (χ3n) is 3.42. The van der Waals surface area contributed by atoms with E-state index in [0.717, 1.165) is 5.76 Å². The summed E-state index contributed by atoms with van der Waals surface area (Å²) in [6, 6.07) is 3.66. The molecule has 1 rings (SSSR count). The number of rotatable bonds is 7. The molecule has 112 valence electrons. The van der Waals surface area contributed by atoms with Crippen molar-refractivity contribution in [2.24, 2.45) is 0 Å². The maximum Gasteiger partial charge on any atom is 0.323 e. The number of furan rings is 1. The van der Waals surface area contributed by atoms with Crippen LogP contribution in [0.5, 0.6) is 0 Å². The maximum absolute atomic E-state index is 12.0. The normalized spacial score (nSPS) is 13.8. The van der Waals surface area contributed by atoms with Gasteiger partial charge in [-0.1, -0.05) is 6.92 Å². The molecule has 0 aliphatic carbocycles. The molecule has 1 heterocycles. The minimum Gasteiger partial charge on any atom is -0.480 e. The number of carbonyl (C=O) groups is 2. The van der Waals surface area contributed by atoms with Crippen LogP contribution < -0.4 is 5.32 Å². The lowest BCUT2D eigenvalue weighted by molar-refractivity contribution is -0.144. The van der Waals surface area contributed by atoms with Crippen LogP contribution in [0.15, 0.2) is 16.5 Å². The fraction of sp³-hybridized carbons (Fsp3) is 0.571. The molecule has 0 fully saturated rings. The first kappa shape index (κ1) is 16.2. The van der Waals surface area contributed by atoms with Crippen molar-refractivity contribution in [2.75, 3.05) is 13.6 Å². The monoisotopic (exact) mass is 282 g/mol. The zero-order valence-electron chi connectivity index (χ0n) is 12.4. The van der Waals surface area contributed by atoms with Crippen LogP contribution in [0.3, 0.4) is 0 Å². The summed E-state index contributed by atoms with van der Waals surface area (Å²) in [6.45, 7) is 5.52. The van der Waals surface area contributed by atoms with Crippen molar-refractivity contribution >= 4 is 11.9 Å². The molecular formula is C14H22N2O4. The quantitative estimate of drug-likeness (QED) is 0.789. The average Bonchev–Trinajstić information content (AvgIpc) is 2.80. The van der Waals surface area contributed by atoms with Gasteiger partial charge in [0.1, 0.15) is 17.1 Å². The fourth-order valence-electron chi connectivity index (χ4n) is 1.65. The van der Waals surface area contributed by atoms with Crippen LogP contribution in [0.2, 0.25) is 0 Å². The summed E-state index contributed by atoms with van der Waals surface area (Å²) in [6.07, 6.45) is 0.400. The number of hydrogen-bond donors (Lipinski definition) is 2. The maximum atomic E-state index is 12.0. The van der Waals surface area contributed by atoms with Gasteiger partial charge in [0, 0.05) is 7.05 Å². The summed E-state index contributed by atoms with van der Waals surface area (Å²) < 4.78 is 5.40. The van der Waals surface area contributed by atoms with Crippen LogP contribution in [0.4, 0.5) is 0 Å². The van der Waals surface area contributed by atoms with Gasteiger partial charge in [-0.3, -0.25) is 14.9 Å². The summed E-state index contributed by atoms with van der Waals surface area (Å²) in [4.78, 5) is 24.6. The summed E-state index contributed by atoms with van der Waals surface area (Å²) in [7, 11) is 1.66. The minimum absolute atomic E-state index is 0.0210. The summed E-state index contributed by atoms with van der Waals surface area (Å²) in [5.41, 5.74) is -1.09. The molecule has 1 amide bonds. The van der Waals surface area contributed by atoms with E-state index in [9.17, 15) is 9.59 Å². The van der Waals surface area contributed by atoms with Gasteiger partial charge in [-0.2, -0.15) is 0 Å². The molecule has 0 spiro atoms. The summed E-state index contributed by atoms with van der Waals surface area (Å²) >= 11 is 0. The number of nitrogens with one attached hydrogen (secondary N) is 1. The van der Waals surface area contributed by atoms with Crippen LogP contribution in [0, 0.1) is 6.92 Å². The Morgan fingerprint density at radius 1 is 1.45 bits per heavy atom. The van der Waals surface area contributed by atoms with Crippen molar-refractivity contribution in [3.05, 3.63) is 23.7 Å². The molecule has 20 heavy (non-hydrogen) atoms. The molecule has 0 saturated heterocycles. The topological polar surface area (TPSA) is 82.8 Å². The molecule has 0 radical (unpaired) electrons.